The lowest BCUT2D eigenvalue weighted by Crippen LogP contribution is -2.01. The molecule has 1 heterocycles. The van der Waals surface area contributed by atoms with Crippen LogP contribution in [0.25, 0.3) is 0 Å². The summed E-state index contributed by atoms with van der Waals surface area (Å²) in [4.78, 5) is 10.8. The number of carbonyl (C=O) groups is 1. The van der Waals surface area contributed by atoms with Crippen LogP contribution in [0.3, 0.4) is 0 Å². The summed E-state index contributed by atoms with van der Waals surface area (Å²) in [5.41, 5.74) is 3.22. The van der Waals surface area contributed by atoms with E-state index in [4.69, 9.17) is 0 Å². The minimum atomic E-state index is 0.661. The molecule has 2 rings (SSSR count). The standard InChI is InChI=1S/C12H17NO/c1-4-10-6-12(10)13-8(2)5-11(7-14)9(13)3/h5,7,10,12H,4,6H2,1-3H3. The minimum Gasteiger partial charge on any atom is -0.345 e. The van der Waals surface area contributed by atoms with Gasteiger partial charge in [-0.3, -0.25) is 4.79 Å². The molecule has 1 saturated carbocycles. The molecule has 1 fully saturated rings. The van der Waals surface area contributed by atoms with Crippen molar-refractivity contribution in [2.24, 2.45) is 5.92 Å². The van der Waals surface area contributed by atoms with E-state index < -0.39 is 0 Å². The molecule has 0 bridgehead atoms. The third-order valence-electron chi connectivity index (χ3n) is 3.39. The van der Waals surface area contributed by atoms with Crippen LogP contribution in [0.5, 0.6) is 0 Å². The van der Waals surface area contributed by atoms with Gasteiger partial charge in [-0.15, -0.1) is 0 Å². The average Bonchev–Trinajstić information content (AvgIpc) is 2.88. The van der Waals surface area contributed by atoms with Crippen LogP contribution in [0.1, 0.15) is 47.6 Å². The van der Waals surface area contributed by atoms with E-state index in [2.05, 4.69) is 18.4 Å². The molecule has 0 saturated heterocycles. The fourth-order valence-corrected chi connectivity index (χ4v) is 2.42. The summed E-state index contributed by atoms with van der Waals surface area (Å²) in [5, 5.41) is 0. The summed E-state index contributed by atoms with van der Waals surface area (Å²) in [6.45, 7) is 6.37. The van der Waals surface area contributed by atoms with Crippen molar-refractivity contribution in [3.05, 3.63) is 23.0 Å². The summed E-state index contributed by atoms with van der Waals surface area (Å²) < 4.78 is 2.33. The van der Waals surface area contributed by atoms with Crippen molar-refractivity contribution in [1.82, 2.24) is 4.57 Å². The molecule has 0 radical (unpaired) electrons. The summed E-state index contributed by atoms with van der Waals surface area (Å²) in [5.74, 6) is 0.833. The highest BCUT2D eigenvalue weighted by molar-refractivity contribution is 5.77. The lowest BCUT2D eigenvalue weighted by Gasteiger charge is -2.08. The molecule has 2 nitrogen and oxygen atoms in total. The van der Waals surface area contributed by atoms with Gasteiger partial charge in [-0.1, -0.05) is 13.3 Å². The predicted octanol–water partition coefficient (Wildman–Crippen LogP) is 2.89. The molecule has 1 aliphatic carbocycles. The predicted molar refractivity (Wildman–Crippen MR) is 56.7 cm³/mol. The average molecular weight is 191 g/mol. The second-order valence-electron chi connectivity index (χ2n) is 4.29. The van der Waals surface area contributed by atoms with Gasteiger partial charge in [0.15, 0.2) is 6.29 Å². The summed E-state index contributed by atoms with van der Waals surface area (Å²) in [7, 11) is 0. The molecule has 2 heteroatoms. The van der Waals surface area contributed by atoms with Gasteiger partial charge in [0.05, 0.1) is 0 Å². The van der Waals surface area contributed by atoms with E-state index >= 15 is 0 Å². The SMILES string of the molecule is CCC1CC1n1c(C)cc(C=O)c1C. The maximum Gasteiger partial charge on any atom is 0.151 e. The van der Waals surface area contributed by atoms with Gasteiger partial charge in [-0.2, -0.15) is 0 Å². The fraction of sp³-hybridized carbons (Fsp3) is 0.583. The largest absolute Gasteiger partial charge is 0.345 e. The van der Waals surface area contributed by atoms with Crippen LogP contribution in [0.15, 0.2) is 6.07 Å². The number of aromatic nitrogens is 1. The van der Waals surface area contributed by atoms with Gasteiger partial charge >= 0.3 is 0 Å². The smallest absolute Gasteiger partial charge is 0.151 e. The van der Waals surface area contributed by atoms with Crippen molar-refractivity contribution in [3.8, 4) is 0 Å². The first-order chi connectivity index (χ1) is 6.69. The lowest BCUT2D eigenvalue weighted by molar-refractivity contribution is 0.112. The summed E-state index contributed by atoms with van der Waals surface area (Å²) in [6, 6.07) is 2.65. The zero-order valence-corrected chi connectivity index (χ0v) is 9.08. The molecule has 0 spiro atoms. The van der Waals surface area contributed by atoms with E-state index in [1.807, 2.05) is 13.0 Å². The Morgan fingerprint density at radius 2 is 2.29 bits per heavy atom. The van der Waals surface area contributed by atoms with Gasteiger partial charge in [-0.25, -0.2) is 0 Å². The van der Waals surface area contributed by atoms with E-state index in [9.17, 15) is 4.79 Å². The van der Waals surface area contributed by atoms with Crippen molar-refractivity contribution in [3.63, 3.8) is 0 Å². The molecule has 0 N–H and O–H groups in total. The van der Waals surface area contributed by atoms with Crippen LogP contribution in [0.2, 0.25) is 0 Å². The van der Waals surface area contributed by atoms with Crippen molar-refractivity contribution in [2.45, 2.75) is 39.7 Å². The van der Waals surface area contributed by atoms with Gasteiger partial charge in [-0.05, 0) is 32.3 Å². The van der Waals surface area contributed by atoms with E-state index in [0.717, 1.165) is 23.5 Å². The van der Waals surface area contributed by atoms with Crippen LogP contribution < -0.4 is 0 Å². The molecule has 0 amide bonds. The third-order valence-corrected chi connectivity index (χ3v) is 3.39. The Morgan fingerprint density at radius 3 is 2.71 bits per heavy atom. The zero-order valence-electron chi connectivity index (χ0n) is 9.08. The van der Waals surface area contributed by atoms with E-state index in [-0.39, 0.29) is 0 Å². The zero-order chi connectivity index (χ0) is 10.3. The quantitative estimate of drug-likeness (QED) is 0.673. The Bertz CT molecular complexity index is 365. The van der Waals surface area contributed by atoms with Gasteiger partial charge in [0.2, 0.25) is 0 Å². The summed E-state index contributed by atoms with van der Waals surface area (Å²) >= 11 is 0. The first-order valence-corrected chi connectivity index (χ1v) is 5.32. The van der Waals surface area contributed by atoms with E-state index in [1.165, 1.54) is 18.5 Å². The van der Waals surface area contributed by atoms with Crippen molar-refractivity contribution >= 4 is 6.29 Å². The molecular weight excluding hydrogens is 174 g/mol. The van der Waals surface area contributed by atoms with Crippen LogP contribution in [0.4, 0.5) is 0 Å². The van der Waals surface area contributed by atoms with Crippen LogP contribution in [-0.4, -0.2) is 10.9 Å². The van der Waals surface area contributed by atoms with Crippen LogP contribution >= 0.6 is 0 Å². The minimum absolute atomic E-state index is 0.661. The highest BCUT2D eigenvalue weighted by atomic mass is 16.1. The number of nitrogens with zero attached hydrogens (tertiary/aromatic N) is 1. The molecule has 1 aliphatic rings. The molecule has 14 heavy (non-hydrogen) atoms. The Morgan fingerprint density at radius 1 is 1.57 bits per heavy atom. The number of rotatable bonds is 3. The van der Waals surface area contributed by atoms with Crippen molar-refractivity contribution in [2.75, 3.05) is 0 Å². The molecule has 2 unspecified atom stereocenters. The lowest BCUT2D eigenvalue weighted by atomic mass is 10.3. The first-order valence-electron chi connectivity index (χ1n) is 5.32. The second kappa shape index (κ2) is 3.26. The normalized spacial score (nSPS) is 25.1. The number of aryl methyl sites for hydroxylation is 1. The Hall–Kier alpha value is -1.05. The van der Waals surface area contributed by atoms with Crippen LogP contribution in [-0.2, 0) is 0 Å². The maximum atomic E-state index is 10.8. The molecule has 2 atom stereocenters. The van der Waals surface area contributed by atoms with Crippen LogP contribution in [0, 0.1) is 19.8 Å². The Balaban J connectivity index is 2.34. The second-order valence-corrected chi connectivity index (χ2v) is 4.29. The number of aldehydes is 1. The summed E-state index contributed by atoms with van der Waals surface area (Å²) in [6.07, 6.45) is 3.49. The molecule has 0 aliphatic heterocycles. The van der Waals surface area contributed by atoms with E-state index in [0.29, 0.717) is 6.04 Å². The topological polar surface area (TPSA) is 22.0 Å². The molecule has 76 valence electrons. The molecule has 1 aromatic heterocycles. The highest BCUT2D eigenvalue weighted by Gasteiger charge is 2.38. The molecule has 1 aromatic rings. The van der Waals surface area contributed by atoms with Crippen molar-refractivity contribution < 1.29 is 4.79 Å². The third kappa shape index (κ3) is 1.29. The number of hydrogen-bond acceptors (Lipinski definition) is 1. The van der Waals surface area contributed by atoms with E-state index in [1.54, 1.807) is 0 Å². The monoisotopic (exact) mass is 191 g/mol. The molecule has 0 aromatic carbocycles. The maximum absolute atomic E-state index is 10.8. The number of carbonyl (C=O) groups excluding carboxylic acids is 1. The number of hydrogen-bond donors (Lipinski definition) is 0. The molecular formula is C12H17NO. The van der Waals surface area contributed by atoms with Gasteiger partial charge in [0.25, 0.3) is 0 Å². The highest BCUT2D eigenvalue weighted by Crippen LogP contribution is 2.47. The van der Waals surface area contributed by atoms with Gasteiger partial charge < -0.3 is 4.57 Å². The Kier molecular flexibility index (Phi) is 2.22. The fourth-order valence-electron chi connectivity index (χ4n) is 2.42. The van der Waals surface area contributed by atoms with Gasteiger partial charge in [0, 0.05) is 23.0 Å². The Labute approximate surface area is 84.9 Å². The first kappa shape index (κ1) is 9.50. The van der Waals surface area contributed by atoms with Gasteiger partial charge in [0.1, 0.15) is 0 Å². The van der Waals surface area contributed by atoms with Crippen molar-refractivity contribution in [1.29, 1.82) is 0 Å².